The first-order valence-electron chi connectivity index (χ1n) is 2.84. The molecule has 0 radical (unpaired) electrons. The van der Waals surface area contributed by atoms with Gasteiger partial charge < -0.3 is 10.8 Å². The Kier molecular flexibility index (Phi) is 2.01. The van der Waals surface area contributed by atoms with Gasteiger partial charge in [0.1, 0.15) is 11.8 Å². The third kappa shape index (κ3) is 1.28. The molecule has 0 fully saturated rings. The summed E-state index contributed by atoms with van der Waals surface area (Å²) >= 11 is 3.04. The fourth-order valence-corrected chi connectivity index (χ4v) is 1.02. The van der Waals surface area contributed by atoms with E-state index < -0.39 is 0 Å². The fourth-order valence-electron chi connectivity index (χ4n) is 0.679. The van der Waals surface area contributed by atoms with Crippen molar-refractivity contribution in [2.75, 3.05) is 5.73 Å². The summed E-state index contributed by atoms with van der Waals surface area (Å²) in [6, 6.07) is 4.78. The van der Waals surface area contributed by atoms with E-state index in [4.69, 9.17) is 16.1 Å². The number of hydrogen-bond acceptors (Lipinski definition) is 3. The van der Waals surface area contributed by atoms with Crippen LogP contribution in [-0.4, -0.2) is 5.11 Å². The topological polar surface area (TPSA) is 70.0 Å². The molecule has 4 heteroatoms. The molecule has 1 aromatic rings. The van der Waals surface area contributed by atoms with Gasteiger partial charge in [0, 0.05) is 0 Å². The Bertz CT molecular complexity index is 330. The molecule has 1 aromatic carbocycles. The highest BCUT2D eigenvalue weighted by Gasteiger charge is 2.05. The lowest BCUT2D eigenvalue weighted by Crippen LogP contribution is -1.91. The van der Waals surface area contributed by atoms with Gasteiger partial charge in [-0.2, -0.15) is 5.26 Å². The number of nitriles is 1. The van der Waals surface area contributed by atoms with E-state index in [1.807, 2.05) is 6.07 Å². The first-order chi connectivity index (χ1) is 5.16. The third-order valence-electron chi connectivity index (χ3n) is 1.28. The maximum absolute atomic E-state index is 9.08. The molecule has 0 spiro atoms. The van der Waals surface area contributed by atoms with E-state index in [0.717, 1.165) is 0 Å². The first-order valence-corrected chi connectivity index (χ1v) is 3.63. The second kappa shape index (κ2) is 2.81. The summed E-state index contributed by atoms with van der Waals surface area (Å²) in [7, 11) is 0. The molecule has 3 nitrogen and oxygen atoms in total. The number of aromatic hydroxyl groups is 1. The smallest absolute Gasteiger partial charge is 0.131 e. The van der Waals surface area contributed by atoms with E-state index in [1.54, 1.807) is 0 Å². The van der Waals surface area contributed by atoms with Gasteiger partial charge in [-0.3, -0.25) is 0 Å². The summed E-state index contributed by atoms with van der Waals surface area (Å²) in [6.45, 7) is 0. The lowest BCUT2D eigenvalue weighted by atomic mass is 10.2. The van der Waals surface area contributed by atoms with E-state index in [9.17, 15) is 0 Å². The highest BCUT2D eigenvalue weighted by Crippen LogP contribution is 2.31. The lowest BCUT2D eigenvalue weighted by Gasteiger charge is -2.01. The summed E-state index contributed by atoms with van der Waals surface area (Å²) < 4.78 is 0.372. The predicted octanol–water partition coefficient (Wildman–Crippen LogP) is 1.61. The van der Waals surface area contributed by atoms with Crippen molar-refractivity contribution in [3.8, 4) is 11.8 Å². The monoisotopic (exact) mass is 212 g/mol. The molecule has 0 heterocycles. The number of benzene rings is 1. The first kappa shape index (κ1) is 7.89. The van der Waals surface area contributed by atoms with Crippen LogP contribution < -0.4 is 5.73 Å². The number of halogens is 1. The molecule has 0 saturated carbocycles. The number of phenols is 1. The SMILES string of the molecule is N#Cc1ccc(O)c(Br)c1N. The average Bonchev–Trinajstić information content (AvgIpc) is 2.01. The van der Waals surface area contributed by atoms with E-state index in [-0.39, 0.29) is 11.4 Å². The molecular weight excluding hydrogens is 208 g/mol. The van der Waals surface area contributed by atoms with E-state index >= 15 is 0 Å². The van der Waals surface area contributed by atoms with Gasteiger partial charge in [-0.1, -0.05) is 0 Å². The molecule has 0 aliphatic rings. The quantitative estimate of drug-likeness (QED) is 0.643. The molecule has 0 aliphatic heterocycles. The Balaban J connectivity index is 3.40. The summed E-state index contributed by atoms with van der Waals surface area (Å²) in [5.74, 6) is 0.0431. The van der Waals surface area contributed by atoms with Crippen LogP contribution in [0.25, 0.3) is 0 Å². The Morgan fingerprint density at radius 3 is 2.73 bits per heavy atom. The molecule has 0 aliphatic carbocycles. The summed E-state index contributed by atoms with van der Waals surface area (Å²) in [5.41, 5.74) is 6.09. The molecule has 0 aromatic heterocycles. The molecular formula is C7H5BrN2O. The predicted molar refractivity (Wildman–Crippen MR) is 44.9 cm³/mol. The van der Waals surface area contributed by atoms with Crippen molar-refractivity contribution >= 4 is 21.6 Å². The minimum atomic E-state index is 0.0431. The Hall–Kier alpha value is -1.21. The highest BCUT2D eigenvalue weighted by atomic mass is 79.9. The van der Waals surface area contributed by atoms with Gasteiger partial charge >= 0.3 is 0 Å². The number of hydrogen-bond donors (Lipinski definition) is 2. The summed E-state index contributed by atoms with van der Waals surface area (Å²) in [5, 5.41) is 17.6. The van der Waals surface area contributed by atoms with Crippen LogP contribution in [0.1, 0.15) is 5.56 Å². The standard InChI is InChI=1S/C7H5BrN2O/c8-6-5(11)2-1-4(3-9)7(6)10/h1-2,11H,10H2. The van der Waals surface area contributed by atoms with Crippen LogP contribution in [0.4, 0.5) is 5.69 Å². The maximum atomic E-state index is 9.08. The van der Waals surface area contributed by atoms with Crippen LogP contribution in [-0.2, 0) is 0 Å². The molecule has 0 bridgehead atoms. The molecule has 1 rings (SSSR count). The van der Waals surface area contributed by atoms with Gasteiger partial charge in [-0.25, -0.2) is 0 Å². The Labute approximate surface area is 72.2 Å². The summed E-state index contributed by atoms with van der Waals surface area (Å²) in [6.07, 6.45) is 0. The van der Waals surface area contributed by atoms with Crippen LogP contribution in [0.15, 0.2) is 16.6 Å². The minimum absolute atomic E-state index is 0.0431. The summed E-state index contributed by atoms with van der Waals surface area (Å²) in [4.78, 5) is 0. The van der Waals surface area contributed by atoms with Crippen LogP contribution in [0, 0.1) is 11.3 Å². The second-order valence-corrected chi connectivity index (χ2v) is 2.76. The van der Waals surface area contributed by atoms with E-state index in [0.29, 0.717) is 10.0 Å². The van der Waals surface area contributed by atoms with E-state index in [1.165, 1.54) is 12.1 Å². The second-order valence-electron chi connectivity index (χ2n) is 1.97. The van der Waals surface area contributed by atoms with Gasteiger partial charge in [0.2, 0.25) is 0 Å². The van der Waals surface area contributed by atoms with Crippen LogP contribution in [0.3, 0.4) is 0 Å². The molecule has 56 valence electrons. The van der Waals surface area contributed by atoms with Gasteiger partial charge in [0.25, 0.3) is 0 Å². The van der Waals surface area contributed by atoms with Crippen molar-refractivity contribution in [1.29, 1.82) is 5.26 Å². The number of anilines is 1. The molecule has 0 unspecified atom stereocenters. The van der Waals surface area contributed by atoms with Gasteiger partial charge in [0.05, 0.1) is 15.7 Å². The van der Waals surface area contributed by atoms with Crippen molar-refractivity contribution in [2.24, 2.45) is 0 Å². The number of nitrogens with zero attached hydrogens (tertiary/aromatic N) is 1. The van der Waals surface area contributed by atoms with Crippen molar-refractivity contribution < 1.29 is 5.11 Å². The lowest BCUT2D eigenvalue weighted by molar-refractivity contribution is 0.472. The van der Waals surface area contributed by atoms with E-state index in [2.05, 4.69) is 15.9 Å². The number of phenolic OH excluding ortho intramolecular Hbond substituents is 1. The largest absolute Gasteiger partial charge is 0.507 e. The third-order valence-corrected chi connectivity index (χ3v) is 2.11. The Morgan fingerprint density at radius 2 is 2.18 bits per heavy atom. The molecule has 3 N–H and O–H groups in total. The zero-order valence-corrected chi connectivity index (χ0v) is 7.09. The zero-order valence-electron chi connectivity index (χ0n) is 5.50. The maximum Gasteiger partial charge on any atom is 0.131 e. The number of rotatable bonds is 0. The van der Waals surface area contributed by atoms with Crippen molar-refractivity contribution in [2.45, 2.75) is 0 Å². The van der Waals surface area contributed by atoms with Crippen LogP contribution in [0.2, 0.25) is 0 Å². The average molecular weight is 213 g/mol. The molecule has 11 heavy (non-hydrogen) atoms. The Morgan fingerprint density at radius 1 is 1.55 bits per heavy atom. The van der Waals surface area contributed by atoms with Crippen LogP contribution in [0.5, 0.6) is 5.75 Å². The molecule has 0 atom stereocenters. The molecule has 0 amide bonds. The van der Waals surface area contributed by atoms with Gasteiger partial charge in [0.15, 0.2) is 0 Å². The van der Waals surface area contributed by atoms with Crippen molar-refractivity contribution in [3.05, 3.63) is 22.2 Å². The fraction of sp³-hybridized carbons (Fsp3) is 0. The zero-order chi connectivity index (χ0) is 8.43. The van der Waals surface area contributed by atoms with Gasteiger partial charge in [-0.15, -0.1) is 0 Å². The minimum Gasteiger partial charge on any atom is -0.507 e. The normalized spacial score (nSPS) is 9.09. The number of nitrogen functional groups attached to an aromatic ring is 1. The number of nitrogens with two attached hydrogens (primary N) is 1. The molecule has 0 saturated heterocycles. The van der Waals surface area contributed by atoms with Crippen molar-refractivity contribution in [3.63, 3.8) is 0 Å². The van der Waals surface area contributed by atoms with Gasteiger partial charge in [-0.05, 0) is 28.1 Å². The highest BCUT2D eigenvalue weighted by molar-refractivity contribution is 9.10. The van der Waals surface area contributed by atoms with Crippen molar-refractivity contribution in [1.82, 2.24) is 0 Å². The van der Waals surface area contributed by atoms with Crippen LogP contribution >= 0.6 is 15.9 Å².